The second-order valence-corrected chi connectivity index (χ2v) is 41.8. The van der Waals surface area contributed by atoms with Gasteiger partial charge in [-0.1, -0.05) is 57.4 Å². The molecular weight excluding hydrogens is 1910 g/mol. The maximum Gasteiger partial charge on any atom is 0.264 e. The molecular formula is C83H126N8O36S7. The van der Waals surface area contributed by atoms with Crippen LogP contribution in [0.2, 0.25) is 0 Å². The van der Waals surface area contributed by atoms with E-state index >= 15 is 0 Å². The molecule has 0 bridgehead atoms. The number of hydrogen-bond acceptors (Lipinski definition) is 33. The molecule has 0 fully saturated rings. The number of rotatable bonds is 73. The summed E-state index contributed by atoms with van der Waals surface area (Å²) in [5.74, 6) is -3.98. The molecule has 0 aliphatic rings. The molecule has 9 N–H and O–H groups in total. The van der Waals surface area contributed by atoms with Gasteiger partial charge < -0.3 is 62.7 Å². The van der Waals surface area contributed by atoms with Crippen molar-refractivity contribution in [3.8, 4) is 63.2 Å². The zero-order valence-corrected chi connectivity index (χ0v) is 81.3. The highest BCUT2D eigenvalue weighted by atomic mass is 32.2. The van der Waals surface area contributed by atoms with Gasteiger partial charge in [-0.15, -0.1) is 10.2 Å². The third-order valence-corrected chi connectivity index (χ3v) is 24.4. The molecule has 2 amide bonds. The van der Waals surface area contributed by atoms with Crippen molar-refractivity contribution in [3.05, 3.63) is 101 Å². The highest BCUT2D eigenvalue weighted by Crippen LogP contribution is 2.43. The van der Waals surface area contributed by atoms with Crippen LogP contribution in [0.15, 0.2) is 67.0 Å². The van der Waals surface area contributed by atoms with Crippen molar-refractivity contribution >= 4 is 94.2 Å². The van der Waals surface area contributed by atoms with E-state index in [0.29, 0.717) is 121 Å². The molecule has 2 heterocycles. The Kier molecular flexibility index (Phi) is 51.2. The van der Waals surface area contributed by atoms with Gasteiger partial charge in [0.15, 0.2) is 46.1 Å². The number of nitrogens with one attached hydrogen (secondary N) is 2. The molecule has 2 aromatic heterocycles. The van der Waals surface area contributed by atoms with Gasteiger partial charge >= 0.3 is 0 Å². The summed E-state index contributed by atoms with van der Waals surface area (Å²) in [6.07, 6.45) is 14.3. The maximum atomic E-state index is 13.6. The van der Waals surface area contributed by atoms with Crippen molar-refractivity contribution in [2.45, 2.75) is 201 Å². The lowest BCUT2D eigenvalue weighted by Crippen LogP contribution is -2.25. The quantitative estimate of drug-likeness (QED) is 0.00973. The van der Waals surface area contributed by atoms with Gasteiger partial charge in [-0.25, -0.2) is 0 Å². The van der Waals surface area contributed by atoms with E-state index in [1.54, 1.807) is 33.8 Å². The van der Waals surface area contributed by atoms with Crippen LogP contribution in [-0.4, -0.2) is 270 Å². The number of ether oxygens (including phenoxy) is 11. The molecule has 134 heavy (non-hydrogen) atoms. The molecule has 0 aliphatic heterocycles. The van der Waals surface area contributed by atoms with Gasteiger partial charge in [0.25, 0.3) is 82.6 Å². The molecule has 0 aliphatic carbocycles. The number of carbonyl (C=O) groups excluding carboxylic acids is 4. The highest BCUT2D eigenvalue weighted by molar-refractivity contribution is 7.87. The molecule has 756 valence electrons. The Morgan fingerprint density at radius 2 is 0.567 bits per heavy atom. The second-order valence-electron chi connectivity index (χ2n) is 30.7. The van der Waals surface area contributed by atoms with Gasteiger partial charge in [0.2, 0.25) is 17.2 Å². The van der Waals surface area contributed by atoms with E-state index < -0.39 is 117 Å². The average Bonchev–Trinajstić information content (AvgIpc) is 0.967. The largest absolute Gasteiger partial charge is 0.493 e. The lowest BCUT2D eigenvalue weighted by atomic mass is 10.0. The van der Waals surface area contributed by atoms with E-state index in [1.807, 2.05) is 33.9 Å². The number of amides is 2. The van der Waals surface area contributed by atoms with Crippen molar-refractivity contribution in [1.29, 1.82) is 0 Å². The Labute approximate surface area is 783 Å². The minimum Gasteiger partial charge on any atom is -0.493 e. The predicted octanol–water partition coefficient (Wildman–Crippen LogP) is 9.70. The van der Waals surface area contributed by atoms with Crippen LogP contribution in [0.1, 0.15) is 228 Å². The number of benzene rings is 4. The fourth-order valence-electron chi connectivity index (χ4n) is 12.1. The molecule has 51 heteroatoms. The van der Waals surface area contributed by atoms with E-state index in [0.717, 1.165) is 56.3 Å². The molecule has 0 radical (unpaired) electrons. The number of carbonyl (C=O) groups is 4. The summed E-state index contributed by atoms with van der Waals surface area (Å²) in [6.45, 7) is 9.22. The number of ketones is 2. The normalized spacial score (nSPS) is 12.0. The van der Waals surface area contributed by atoms with Gasteiger partial charge in [0.1, 0.15) is 11.5 Å². The summed E-state index contributed by atoms with van der Waals surface area (Å²) in [5.41, 5.74) is 2.43. The van der Waals surface area contributed by atoms with Crippen molar-refractivity contribution in [2.75, 3.05) is 126 Å². The molecule has 0 spiro atoms. The van der Waals surface area contributed by atoms with Gasteiger partial charge in [-0.3, -0.25) is 60.4 Å². The van der Waals surface area contributed by atoms with E-state index in [2.05, 4.69) is 31.3 Å². The molecule has 6 rings (SSSR count). The molecule has 0 atom stereocenters. The molecule has 4 aromatic carbocycles. The minimum absolute atomic E-state index is 0.00401. The second kappa shape index (κ2) is 59.6. The first-order valence-electron chi connectivity index (χ1n) is 44.0. The van der Waals surface area contributed by atoms with Crippen molar-refractivity contribution in [2.24, 2.45) is 0 Å². The Morgan fingerprint density at radius 3 is 0.888 bits per heavy atom. The van der Waals surface area contributed by atoms with Crippen LogP contribution in [0.4, 0.5) is 0 Å². The summed E-state index contributed by atoms with van der Waals surface area (Å²) in [4.78, 5) is 52.8. The molecule has 0 unspecified atom stereocenters. The Hall–Kier alpha value is -9.39. The maximum absolute atomic E-state index is 13.6. The standard InChI is InChI=1S/C63H93N7O26S5.C20H33NO10S2/c1-3-5-21-55(71)48-39-53(89-27-11-8-19-51-46-69(67-65-51)24-10-7-22-56(72)49-41-57(91-26-6-4-2)61(95-32-17-37-100(83,84)85)58(42-49)92-29-14-34-97(74,75)76)45-54(40-48)90-28-12-9-20-52-47-70(68-66-52)25-13-23-64-63(73)50-43-59(93-30-15-35-98(77,78)79)62(96-33-18-38-101(86,87)88)60(44-50)94-31-16-36-99(80,81)82;1-3-5-9-31-19-17(29-10-6-12-32(23,24)25)14-16(20(22)21-8-4-2)15-18(19)30-11-7-13-33(26,27)28/h39-47H,3-38H2,1-2H3,(H,64,73)(H,74,75,76)(H,77,78,79)(H,80,81,82)(H,83,84,85)(H,86,87,88);14-15H,3-13H2,1-2H3,(H,21,22)(H,23,24,25)(H,26,27,28). The number of hydrogen-bond donors (Lipinski definition) is 9. The van der Waals surface area contributed by atoms with Crippen molar-refractivity contribution in [3.63, 3.8) is 0 Å². The number of aryl methyl sites for hydroxylation is 4. The SMILES string of the molecule is CCCCOc1c(OCCCS(=O)(=O)O)cc(C(=O)NCCC)cc1OCCCS(=O)(=O)O.CCCCOc1cc(C(=O)CCCCn2cc(CCCCOc3cc(OCCCCc4cn(CCCNC(=O)c5cc(OCCCS(=O)(=O)O)c(OCCCS(=O)(=O)O)c(OCCCS(=O)(=O)O)c5)nn4)cc(C(=O)CCCC)c3)nn2)cc(OCCCS(=O)(=O)O)c1OCCCS(=O)(=O)O. The summed E-state index contributed by atoms with van der Waals surface area (Å²) >= 11 is 0. The van der Waals surface area contributed by atoms with E-state index in [9.17, 15) is 101 Å². The zero-order chi connectivity index (χ0) is 98.8. The minimum atomic E-state index is -4.35. The van der Waals surface area contributed by atoms with Crippen molar-refractivity contribution < 1.29 is 162 Å². The summed E-state index contributed by atoms with van der Waals surface area (Å²) in [7, 11) is -29.9. The highest BCUT2D eigenvalue weighted by Gasteiger charge is 2.26. The molecule has 0 saturated heterocycles. The van der Waals surface area contributed by atoms with E-state index in [-0.39, 0.29) is 197 Å². The van der Waals surface area contributed by atoms with Crippen LogP contribution in [0.5, 0.6) is 63.2 Å². The smallest absolute Gasteiger partial charge is 0.264 e. The lowest BCUT2D eigenvalue weighted by Gasteiger charge is -2.18. The molecule has 44 nitrogen and oxygen atoms in total. The van der Waals surface area contributed by atoms with Crippen LogP contribution < -0.4 is 62.7 Å². The summed E-state index contributed by atoms with van der Waals surface area (Å²) in [5, 5.41) is 22.6. The Bertz CT molecular complexity index is 5390. The monoisotopic (exact) mass is 2030 g/mol. The number of aromatic nitrogens is 6. The fraction of sp³-hybridized carbons (Fsp3) is 0.614. The molecule has 6 aromatic rings. The van der Waals surface area contributed by atoms with Crippen LogP contribution in [0.3, 0.4) is 0 Å². The fourth-order valence-corrected chi connectivity index (χ4v) is 15.5. The lowest BCUT2D eigenvalue weighted by molar-refractivity contribution is 0.0944. The number of Topliss-reactive ketones (excluding diaryl/α,β-unsaturated/α-hetero) is 2. The van der Waals surface area contributed by atoms with Crippen LogP contribution in [0.25, 0.3) is 0 Å². The third kappa shape index (κ3) is 51.0. The molecule has 0 saturated carbocycles. The Morgan fingerprint density at radius 1 is 0.291 bits per heavy atom. The summed E-state index contributed by atoms with van der Waals surface area (Å²) < 4.78 is 288. The first-order chi connectivity index (χ1) is 63.3. The van der Waals surface area contributed by atoms with E-state index in [4.69, 9.17) is 61.2 Å². The third-order valence-electron chi connectivity index (χ3n) is 18.8. The van der Waals surface area contributed by atoms with Crippen molar-refractivity contribution in [1.82, 2.24) is 40.6 Å². The zero-order valence-electron chi connectivity index (χ0n) is 75.6. The van der Waals surface area contributed by atoms with Gasteiger partial charge in [-0.2, -0.15) is 58.9 Å². The first-order valence-corrected chi connectivity index (χ1v) is 55.3. The van der Waals surface area contributed by atoms with E-state index in [1.165, 1.54) is 36.4 Å². The topological polar surface area (TPSA) is 636 Å². The Balaban J connectivity index is 0.000000807. The van der Waals surface area contributed by atoms with Crippen LogP contribution in [-0.2, 0) is 96.8 Å². The predicted molar refractivity (Wildman–Crippen MR) is 491 cm³/mol. The van der Waals surface area contributed by atoms with Gasteiger partial charge in [0, 0.05) is 79.7 Å². The number of nitrogens with zero attached hydrogens (tertiary/aromatic N) is 6. The van der Waals surface area contributed by atoms with Crippen LogP contribution >= 0.6 is 0 Å². The van der Waals surface area contributed by atoms with Gasteiger partial charge in [0.05, 0.1) is 124 Å². The summed E-state index contributed by atoms with van der Waals surface area (Å²) in [6, 6.07) is 13.6. The van der Waals surface area contributed by atoms with Crippen LogP contribution in [0, 0.1) is 0 Å². The number of unbranched alkanes of at least 4 members (excludes halogenated alkanes) is 6. The van der Waals surface area contributed by atoms with Gasteiger partial charge in [-0.05, 0) is 177 Å². The average molecular weight is 2040 g/mol. The first kappa shape index (κ1) is 115.